The number of carbonyl (C=O) groups is 1. The van der Waals surface area contributed by atoms with Gasteiger partial charge in [0.2, 0.25) is 0 Å². The minimum atomic E-state index is -0.0987. The van der Waals surface area contributed by atoms with Crippen molar-refractivity contribution in [3.05, 3.63) is 17.7 Å². The van der Waals surface area contributed by atoms with Crippen molar-refractivity contribution in [2.45, 2.75) is 0 Å². The minimum Gasteiger partial charge on any atom is -0.496 e. The summed E-state index contributed by atoms with van der Waals surface area (Å²) in [6.45, 7) is 2.27. The fraction of sp³-hybridized carbons (Fsp3) is 0.462. The Morgan fingerprint density at radius 3 is 2.42 bits per heavy atom. The fourth-order valence-corrected chi connectivity index (χ4v) is 2.03. The second kappa shape index (κ2) is 5.79. The molecule has 2 N–H and O–H groups in total. The van der Waals surface area contributed by atoms with E-state index in [0.717, 1.165) is 0 Å². The second-order valence-electron chi connectivity index (χ2n) is 4.20. The molecule has 6 nitrogen and oxygen atoms in total. The number of carbonyl (C=O) groups excluding carboxylic acids is 1. The summed E-state index contributed by atoms with van der Waals surface area (Å²) in [6.07, 6.45) is 0. The summed E-state index contributed by atoms with van der Waals surface area (Å²) in [5.41, 5.74) is 6.70. The van der Waals surface area contributed by atoms with Crippen LogP contribution in [0.5, 0.6) is 11.5 Å². The highest BCUT2D eigenvalue weighted by atomic mass is 16.5. The topological polar surface area (TPSA) is 74.0 Å². The normalized spacial score (nSPS) is 15.2. The molecule has 2 rings (SSSR count). The summed E-state index contributed by atoms with van der Waals surface area (Å²) >= 11 is 0. The van der Waals surface area contributed by atoms with Crippen molar-refractivity contribution in [2.24, 2.45) is 0 Å². The van der Waals surface area contributed by atoms with Gasteiger partial charge in [0, 0.05) is 19.2 Å². The number of anilines is 1. The largest absolute Gasteiger partial charge is 0.496 e. The molecule has 19 heavy (non-hydrogen) atoms. The summed E-state index contributed by atoms with van der Waals surface area (Å²) in [7, 11) is 3.03. The second-order valence-corrected chi connectivity index (χ2v) is 4.20. The highest BCUT2D eigenvalue weighted by molar-refractivity contribution is 5.98. The Kier molecular flexibility index (Phi) is 4.11. The van der Waals surface area contributed by atoms with E-state index in [-0.39, 0.29) is 5.91 Å². The van der Waals surface area contributed by atoms with Gasteiger partial charge < -0.3 is 24.8 Å². The zero-order chi connectivity index (χ0) is 13.8. The molecule has 1 aliphatic heterocycles. The van der Waals surface area contributed by atoms with Crippen LogP contribution in [0.3, 0.4) is 0 Å². The van der Waals surface area contributed by atoms with E-state index >= 15 is 0 Å². The molecule has 1 aliphatic rings. The van der Waals surface area contributed by atoms with E-state index in [0.29, 0.717) is 49.1 Å². The SMILES string of the molecule is COc1cc(C(=O)N2CCOCC2)c(OC)cc1N. The molecule has 0 atom stereocenters. The van der Waals surface area contributed by atoms with Crippen LogP contribution in [0.15, 0.2) is 12.1 Å². The number of nitrogens with zero attached hydrogens (tertiary/aromatic N) is 1. The van der Waals surface area contributed by atoms with Gasteiger partial charge in [-0.05, 0) is 6.07 Å². The number of amides is 1. The van der Waals surface area contributed by atoms with Crippen molar-refractivity contribution in [3.63, 3.8) is 0 Å². The van der Waals surface area contributed by atoms with Gasteiger partial charge in [0.1, 0.15) is 11.5 Å². The third-order valence-electron chi connectivity index (χ3n) is 3.08. The van der Waals surface area contributed by atoms with Crippen molar-refractivity contribution in [1.29, 1.82) is 0 Å². The lowest BCUT2D eigenvalue weighted by Crippen LogP contribution is -2.40. The van der Waals surface area contributed by atoms with E-state index in [1.807, 2.05) is 0 Å². The maximum absolute atomic E-state index is 12.5. The van der Waals surface area contributed by atoms with Crippen LogP contribution in [-0.2, 0) is 4.74 Å². The molecule has 1 saturated heterocycles. The quantitative estimate of drug-likeness (QED) is 0.817. The third-order valence-corrected chi connectivity index (χ3v) is 3.08. The van der Waals surface area contributed by atoms with Crippen LogP contribution in [0.2, 0.25) is 0 Å². The summed E-state index contributed by atoms with van der Waals surface area (Å²) in [5, 5.41) is 0. The van der Waals surface area contributed by atoms with Crippen molar-refractivity contribution in [1.82, 2.24) is 4.90 Å². The minimum absolute atomic E-state index is 0.0987. The molecular weight excluding hydrogens is 248 g/mol. The van der Waals surface area contributed by atoms with E-state index in [1.165, 1.54) is 14.2 Å². The molecule has 1 aromatic rings. The number of rotatable bonds is 3. The molecular formula is C13H18N2O4. The summed E-state index contributed by atoms with van der Waals surface area (Å²) in [4.78, 5) is 14.2. The Morgan fingerprint density at radius 2 is 1.84 bits per heavy atom. The molecule has 1 amide bonds. The van der Waals surface area contributed by atoms with Gasteiger partial charge in [0.05, 0.1) is 38.7 Å². The Labute approximate surface area is 112 Å². The standard InChI is InChI=1S/C13H18N2O4/c1-17-11-8-10(14)12(18-2)7-9(11)13(16)15-3-5-19-6-4-15/h7-8H,3-6,14H2,1-2H3. The first-order chi connectivity index (χ1) is 9.17. The van der Waals surface area contributed by atoms with Crippen molar-refractivity contribution in [3.8, 4) is 11.5 Å². The van der Waals surface area contributed by atoms with E-state index in [9.17, 15) is 4.79 Å². The summed E-state index contributed by atoms with van der Waals surface area (Å²) in [6, 6.07) is 3.22. The fourth-order valence-electron chi connectivity index (χ4n) is 2.03. The first kappa shape index (κ1) is 13.5. The smallest absolute Gasteiger partial charge is 0.257 e. The molecule has 0 saturated carbocycles. The van der Waals surface area contributed by atoms with Gasteiger partial charge in [-0.3, -0.25) is 4.79 Å². The predicted molar refractivity (Wildman–Crippen MR) is 70.7 cm³/mol. The molecule has 1 heterocycles. The maximum Gasteiger partial charge on any atom is 0.257 e. The Morgan fingerprint density at radius 1 is 1.21 bits per heavy atom. The Hall–Kier alpha value is -1.95. The number of nitrogen functional groups attached to an aromatic ring is 1. The highest BCUT2D eigenvalue weighted by Gasteiger charge is 2.23. The van der Waals surface area contributed by atoms with Gasteiger partial charge in [0.15, 0.2) is 0 Å². The number of ether oxygens (including phenoxy) is 3. The average Bonchev–Trinajstić information content (AvgIpc) is 2.47. The Balaban J connectivity index is 2.33. The molecule has 1 aromatic carbocycles. The summed E-state index contributed by atoms with van der Waals surface area (Å²) in [5.74, 6) is 0.825. The van der Waals surface area contributed by atoms with Gasteiger partial charge in [-0.2, -0.15) is 0 Å². The van der Waals surface area contributed by atoms with Crippen LogP contribution < -0.4 is 15.2 Å². The first-order valence-corrected chi connectivity index (χ1v) is 6.06. The molecule has 0 bridgehead atoms. The van der Waals surface area contributed by atoms with Crippen LogP contribution in [-0.4, -0.2) is 51.3 Å². The molecule has 0 aliphatic carbocycles. The number of methoxy groups -OCH3 is 2. The number of hydrogen-bond donors (Lipinski definition) is 1. The maximum atomic E-state index is 12.5. The number of nitrogens with two attached hydrogens (primary N) is 1. The van der Waals surface area contributed by atoms with Crippen molar-refractivity contribution < 1.29 is 19.0 Å². The van der Waals surface area contributed by atoms with Crippen LogP contribution in [0.1, 0.15) is 10.4 Å². The van der Waals surface area contributed by atoms with Crippen LogP contribution >= 0.6 is 0 Å². The van der Waals surface area contributed by atoms with Crippen LogP contribution in [0.4, 0.5) is 5.69 Å². The predicted octanol–water partition coefficient (Wildman–Crippen LogP) is 0.758. The molecule has 1 fully saturated rings. The molecule has 104 valence electrons. The average molecular weight is 266 g/mol. The van der Waals surface area contributed by atoms with Gasteiger partial charge >= 0.3 is 0 Å². The number of morpholine rings is 1. The van der Waals surface area contributed by atoms with Crippen molar-refractivity contribution in [2.75, 3.05) is 46.3 Å². The number of hydrogen-bond acceptors (Lipinski definition) is 5. The van der Waals surface area contributed by atoms with Gasteiger partial charge in [-0.1, -0.05) is 0 Å². The van der Waals surface area contributed by atoms with Crippen LogP contribution in [0.25, 0.3) is 0 Å². The molecule has 0 unspecified atom stereocenters. The van der Waals surface area contributed by atoms with Crippen LogP contribution in [0, 0.1) is 0 Å². The van der Waals surface area contributed by atoms with E-state index in [4.69, 9.17) is 19.9 Å². The van der Waals surface area contributed by atoms with E-state index in [2.05, 4.69) is 0 Å². The van der Waals surface area contributed by atoms with Gasteiger partial charge in [0.25, 0.3) is 5.91 Å². The zero-order valence-electron chi connectivity index (χ0n) is 11.1. The molecule has 0 aromatic heterocycles. The van der Waals surface area contributed by atoms with Crippen molar-refractivity contribution >= 4 is 11.6 Å². The lowest BCUT2D eigenvalue weighted by atomic mass is 10.1. The van der Waals surface area contributed by atoms with Gasteiger partial charge in [-0.25, -0.2) is 0 Å². The highest BCUT2D eigenvalue weighted by Crippen LogP contribution is 2.31. The number of benzene rings is 1. The first-order valence-electron chi connectivity index (χ1n) is 6.06. The van der Waals surface area contributed by atoms with E-state index in [1.54, 1.807) is 17.0 Å². The van der Waals surface area contributed by atoms with E-state index < -0.39 is 0 Å². The molecule has 0 spiro atoms. The molecule has 6 heteroatoms. The zero-order valence-corrected chi connectivity index (χ0v) is 11.1. The monoisotopic (exact) mass is 266 g/mol. The Bertz CT molecular complexity index is 470. The lowest BCUT2D eigenvalue weighted by molar-refractivity contribution is 0.0300. The molecule has 0 radical (unpaired) electrons. The summed E-state index contributed by atoms with van der Waals surface area (Å²) < 4.78 is 15.6. The third kappa shape index (κ3) is 2.73. The lowest BCUT2D eigenvalue weighted by Gasteiger charge is -2.27. The van der Waals surface area contributed by atoms with Gasteiger partial charge in [-0.15, -0.1) is 0 Å².